The lowest BCUT2D eigenvalue weighted by atomic mass is 10.3. The number of carbonyl (C=O) groups excluding carboxylic acids is 1. The molecule has 0 saturated carbocycles. The largest absolute Gasteiger partial charge is 0.480 e. The van der Waals surface area contributed by atoms with Gasteiger partial charge in [-0.25, -0.2) is 13.2 Å². The van der Waals surface area contributed by atoms with Crippen molar-refractivity contribution < 1.29 is 27.9 Å². The van der Waals surface area contributed by atoms with E-state index in [-0.39, 0.29) is 4.90 Å². The maximum atomic E-state index is 12.3. The topological polar surface area (TPSA) is 110 Å². The molecule has 0 heterocycles. The molecule has 132 valence electrons. The molecule has 2 aromatic rings. The molecule has 0 aromatic heterocycles. The second-order valence-corrected chi connectivity index (χ2v) is 7.29. The van der Waals surface area contributed by atoms with E-state index in [0.29, 0.717) is 11.5 Å². The summed E-state index contributed by atoms with van der Waals surface area (Å²) in [5, 5.41) is 11.1. The van der Waals surface area contributed by atoms with Crippen LogP contribution in [0.2, 0.25) is 0 Å². The molecule has 1 atom stereocenters. The SMILES string of the molecule is CC(=O)NC(CS(=O)(=O)c1ccc(Oc2ccccc2)cc1)C(=O)O. The fraction of sp³-hybridized carbons (Fsp3) is 0.176. The third kappa shape index (κ3) is 5.32. The molecule has 7 nitrogen and oxygen atoms in total. The number of rotatable bonds is 7. The van der Waals surface area contributed by atoms with E-state index in [4.69, 9.17) is 9.84 Å². The van der Waals surface area contributed by atoms with Crippen molar-refractivity contribution in [1.29, 1.82) is 0 Å². The van der Waals surface area contributed by atoms with E-state index in [1.54, 1.807) is 12.1 Å². The number of para-hydroxylation sites is 1. The maximum Gasteiger partial charge on any atom is 0.327 e. The number of hydrogen-bond donors (Lipinski definition) is 2. The van der Waals surface area contributed by atoms with E-state index >= 15 is 0 Å². The number of benzene rings is 2. The van der Waals surface area contributed by atoms with Crippen LogP contribution in [0.15, 0.2) is 59.5 Å². The Labute approximate surface area is 145 Å². The van der Waals surface area contributed by atoms with Gasteiger partial charge in [0.1, 0.15) is 17.5 Å². The van der Waals surface area contributed by atoms with Crippen molar-refractivity contribution in [3.8, 4) is 11.5 Å². The van der Waals surface area contributed by atoms with E-state index in [2.05, 4.69) is 5.32 Å². The van der Waals surface area contributed by atoms with Gasteiger partial charge >= 0.3 is 5.97 Å². The van der Waals surface area contributed by atoms with E-state index in [1.165, 1.54) is 24.3 Å². The zero-order valence-corrected chi connectivity index (χ0v) is 14.2. The first-order valence-electron chi connectivity index (χ1n) is 7.33. The summed E-state index contributed by atoms with van der Waals surface area (Å²) in [6.45, 7) is 1.12. The van der Waals surface area contributed by atoms with Crippen LogP contribution in [0.1, 0.15) is 6.92 Å². The van der Waals surface area contributed by atoms with Gasteiger partial charge in [-0.1, -0.05) is 18.2 Å². The monoisotopic (exact) mass is 363 g/mol. The van der Waals surface area contributed by atoms with Gasteiger partial charge in [0.2, 0.25) is 5.91 Å². The molecule has 0 fully saturated rings. The highest BCUT2D eigenvalue weighted by Gasteiger charge is 2.27. The van der Waals surface area contributed by atoms with Crippen molar-refractivity contribution in [3.05, 3.63) is 54.6 Å². The Morgan fingerprint density at radius 3 is 2.12 bits per heavy atom. The zero-order valence-electron chi connectivity index (χ0n) is 13.4. The summed E-state index contributed by atoms with van der Waals surface area (Å²) in [6, 6.07) is 13.1. The van der Waals surface area contributed by atoms with Crippen LogP contribution in [0, 0.1) is 0 Å². The van der Waals surface area contributed by atoms with Crippen LogP contribution in [0.4, 0.5) is 0 Å². The Balaban J connectivity index is 2.14. The Morgan fingerprint density at radius 2 is 1.60 bits per heavy atom. The minimum atomic E-state index is -3.89. The molecular formula is C17H17NO6S. The molecule has 0 spiro atoms. The number of amides is 1. The van der Waals surface area contributed by atoms with Gasteiger partial charge in [0.05, 0.1) is 10.6 Å². The van der Waals surface area contributed by atoms with Crippen LogP contribution < -0.4 is 10.1 Å². The first kappa shape index (κ1) is 18.5. The van der Waals surface area contributed by atoms with Crippen molar-refractivity contribution in [3.63, 3.8) is 0 Å². The fourth-order valence-corrected chi connectivity index (χ4v) is 3.48. The molecule has 0 bridgehead atoms. The number of nitrogens with one attached hydrogen (secondary N) is 1. The summed E-state index contributed by atoms with van der Waals surface area (Å²) in [5.41, 5.74) is 0. The minimum absolute atomic E-state index is 0.0514. The van der Waals surface area contributed by atoms with Crippen LogP contribution in [0.25, 0.3) is 0 Å². The molecule has 2 rings (SSSR count). The summed E-state index contributed by atoms with van der Waals surface area (Å²) in [4.78, 5) is 22.1. The van der Waals surface area contributed by atoms with Crippen molar-refractivity contribution in [2.45, 2.75) is 17.9 Å². The average molecular weight is 363 g/mol. The van der Waals surface area contributed by atoms with Gasteiger partial charge in [0.25, 0.3) is 0 Å². The number of aliphatic carboxylic acids is 1. The van der Waals surface area contributed by atoms with Gasteiger partial charge < -0.3 is 15.2 Å². The van der Waals surface area contributed by atoms with Crippen molar-refractivity contribution in [2.24, 2.45) is 0 Å². The molecular weight excluding hydrogens is 346 g/mol. The van der Waals surface area contributed by atoms with Gasteiger partial charge in [-0.2, -0.15) is 0 Å². The highest BCUT2D eigenvalue weighted by atomic mass is 32.2. The van der Waals surface area contributed by atoms with Crippen molar-refractivity contribution >= 4 is 21.7 Å². The molecule has 2 N–H and O–H groups in total. The Hall–Kier alpha value is -2.87. The number of ether oxygens (including phenoxy) is 1. The summed E-state index contributed by atoms with van der Waals surface area (Å²) in [7, 11) is -3.89. The van der Waals surface area contributed by atoms with Gasteiger partial charge in [0, 0.05) is 6.92 Å². The standard InChI is InChI=1S/C17H17NO6S/c1-12(19)18-16(17(20)21)11-25(22,23)15-9-7-14(8-10-15)24-13-5-3-2-4-6-13/h2-10,16H,11H2,1H3,(H,18,19)(H,20,21). The molecule has 25 heavy (non-hydrogen) atoms. The van der Waals surface area contributed by atoms with Gasteiger partial charge in [0.15, 0.2) is 9.84 Å². The second-order valence-electron chi connectivity index (χ2n) is 5.26. The van der Waals surface area contributed by atoms with E-state index in [9.17, 15) is 18.0 Å². The van der Waals surface area contributed by atoms with E-state index in [0.717, 1.165) is 6.92 Å². The van der Waals surface area contributed by atoms with E-state index in [1.807, 2.05) is 18.2 Å². The smallest absolute Gasteiger partial charge is 0.327 e. The number of sulfone groups is 1. The first-order valence-corrected chi connectivity index (χ1v) is 8.99. The normalized spacial score (nSPS) is 12.2. The van der Waals surface area contributed by atoms with Crippen LogP contribution in [0.3, 0.4) is 0 Å². The number of carbonyl (C=O) groups is 2. The minimum Gasteiger partial charge on any atom is -0.480 e. The van der Waals surface area contributed by atoms with Crippen LogP contribution >= 0.6 is 0 Å². The number of carboxylic acid groups (broad SMARTS) is 1. The van der Waals surface area contributed by atoms with Gasteiger partial charge in [-0.05, 0) is 36.4 Å². The van der Waals surface area contributed by atoms with Crippen LogP contribution in [-0.4, -0.2) is 37.2 Å². The zero-order chi connectivity index (χ0) is 18.4. The Kier molecular flexibility index (Phi) is 5.76. The molecule has 0 aliphatic carbocycles. The number of carboxylic acids is 1. The quantitative estimate of drug-likeness (QED) is 0.777. The highest BCUT2D eigenvalue weighted by molar-refractivity contribution is 7.91. The predicted molar refractivity (Wildman–Crippen MR) is 90.3 cm³/mol. The van der Waals surface area contributed by atoms with Crippen molar-refractivity contribution in [1.82, 2.24) is 5.32 Å². The average Bonchev–Trinajstić information content (AvgIpc) is 2.55. The molecule has 1 amide bonds. The summed E-state index contributed by atoms with van der Waals surface area (Å²) < 4.78 is 30.3. The van der Waals surface area contributed by atoms with Crippen molar-refractivity contribution in [2.75, 3.05) is 5.75 Å². The second kappa shape index (κ2) is 7.80. The lowest BCUT2D eigenvalue weighted by Crippen LogP contribution is -2.44. The summed E-state index contributed by atoms with van der Waals surface area (Å²) in [5.74, 6) is -1.71. The molecule has 2 aromatic carbocycles. The summed E-state index contributed by atoms with van der Waals surface area (Å²) >= 11 is 0. The fourth-order valence-electron chi connectivity index (χ4n) is 2.08. The van der Waals surface area contributed by atoms with Crippen LogP contribution in [-0.2, 0) is 19.4 Å². The summed E-state index contributed by atoms with van der Waals surface area (Å²) in [6.07, 6.45) is 0. The van der Waals surface area contributed by atoms with Gasteiger partial charge in [-0.15, -0.1) is 0 Å². The lowest BCUT2D eigenvalue weighted by molar-refractivity contribution is -0.140. The molecule has 0 radical (unpaired) electrons. The third-order valence-electron chi connectivity index (χ3n) is 3.22. The lowest BCUT2D eigenvalue weighted by Gasteiger charge is -2.14. The maximum absolute atomic E-state index is 12.3. The Bertz CT molecular complexity index is 846. The van der Waals surface area contributed by atoms with Crippen LogP contribution in [0.5, 0.6) is 11.5 Å². The molecule has 0 saturated heterocycles. The van der Waals surface area contributed by atoms with E-state index < -0.39 is 33.5 Å². The molecule has 0 aliphatic rings. The molecule has 8 heteroatoms. The molecule has 1 unspecified atom stereocenters. The number of hydrogen-bond acceptors (Lipinski definition) is 5. The predicted octanol–water partition coefficient (Wildman–Crippen LogP) is 1.84. The molecule has 0 aliphatic heterocycles. The highest BCUT2D eigenvalue weighted by Crippen LogP contribution is 2.23. The first-order chi connectivity index (χ1) is 11.8. The Morgan fingerprint density at radius 1 is 1.04 bits per heavy atom. The third-order valence-corrected chi connectivity index (χ3v) is 4.99. The van der Waals surface area contributed by atoms with Gasteiger partial charge in [-0.3, -0.25) is 4.79 Å².